The molecule has 1 saturated heterocycles. The van der Waals surface area contributed by atoms with E-state index in [0.29, 0.717) is 17.3 Å². The van der Waals surface area contributed by atoms with Crippen LogP contribution in [0.15, 0.2) is 0 Å². The molecule has 3 unspecified atom stereocenters. The normalized spacial score (nSPS) is 50.2. The summed E-state index contributed by atoms with van der Waals surface area (Å²) in [6.45, 7) is 6.36. The molecule has 1 heterocycles. The van der Waals surface area contributed by atoms with Gasteiger partial charge in [-0.25, -0.2) is 0 Å². The first kappa shape index (κ1) is 11.1. The maximum Gasteiger partial charge on any atom is 0.321 e. The number of carbonyl (C=O) groups is 2. The topological polar surface area (TPSA) is 63.6 Å². The monoisotopic (exact) mass is 238 g/mol. The first-order valence-corrected chi connectivity index (χ1v) is 6.23. The van der Waals surface area contributed by atoms with Gasteiger partial charge in [-0.15, -0.1) is 0 Å². The lowest BCUT2D eigenvalue weighted by Gasteiger charge is -2.33. The predicted octanol–water partition coefficient (Wildman–Crippen LogP) is 1.68. The molecule has 2 aliphatic carbocycles. The number of carboxylic acid groups (broad SMARTS) is 1. The van der Waals surface area contributed by atoms with Gasteiger partial charge in [0.25, 0.3) is 0 Å². The van der Waals surface area contributed by atoms with Crippen molar-refractivity contribution in [1.29, 1.82) is 0 Å². The number of rotatable bonds is 1. The summed E-state index contributed by atoms with van der Waals surface area (Å²) in [5.74, 6) is -1.50. The Bertz CT molecular complexity index is 414. The number of carbonyl (C=O) groups excluding carboxylic acids is 1. The number of hydrogen-bond acceptors (Lipinski definition) is 3. The van der Waals surface area contributed by atoms with Crippen LogP contribution in [0.3, 0.4) is 0 Å². The Hall–Kier alpha value is -1.06. The first-order valence-electron chi connectivity index (χ1n) is 6.23. The molecule has 1 N–H and O–H groups in total. The van der Waals surface area contributed by atoms with E-state index in [1.165, 1.54) is 0 Å². The lowest BCUT2D eigenvalue weighted by molar-refractivity contribution is -0.155. The van der Waals surface area contributed by atoms with Gasteiger partial charge in [-0.05, 0) is 37.0 Å². The molecule has 17 heavy (non-hydrogen) atoms. The van der Waals surface area contributed by atoms with E-state index in [9.17, 15) is 9.59 Å². The molecule has 2 saturated carbocycles. The number of esters is 1. The molecule has 4 heteroatoms. The molecule has 3 fully saturated rings. The van der Waals surface area contributed by atoms with E-state index < -0.39 is 23.5 Å². The molecule has 5 atom stereocenters. The number of carboxylic acids is 1. The molecule has 3 rings (SSSR count). The molecular weight excluding hydrogens is 220 g/mol. The highest BCUT2D eigenvalue weighted by molar-refractivity contribution is 5.96. The Morgan fingerprint density at radius 2 is 1.94 bits per heavy atom. The SMILES string of the molecule is CC1(C)C2C[C@H]3C(C(=O)O)C(=O)O[C@@]3(C)CC21. The van der Waals surface area contributed by atoms with Crippen molar-refractivity contribution < 1.29 is 19.4 Å². The molecule has 0 aromatic carbocycles. The first-order chi connectivity index (χ1) is 7.77. The summed E-state index contributed by atoms with van der Waals surface area (Å²) in [5.41, 5.74) is -0.252. The van der Waals surface area contributed by atoms with Gasteiger partial charge in [0.05, 0.1) is 0 Å². The average Bonchev–Trinajstić information content (AvgIpc) is 2.59. The molecule has 3 aliphatic rings. The predicted molar refractivity (Wildman–Crippen MR) is 59.1 cm³/mol. The van der Waals surface area contributed by atoms with Crippen LogP contribution in [0.5, 0.6) is 0 Å². The fraction of sp³-hybridized carbons (Fsp3) is 0.846. The third-order valence-corrected chi connectivity index (χ3v) is 5.46. The zero-order valence-corrected chi connectivity index (χ0v) is 10.4. The van der Waals surface area contributed by atoms with E-state index in [1.54, 1.807) is 0 Å². The highest BCUT2D eigenvalue weighted by Crippen LogP contribution is 2.70. The zero-order chi connectivity index (χ0) is 12.6. The van der Waals surface area contributed by atoms with Crippen LogP contribution in [-0.4, -0.2) is 22.6 Å². The smallest absolute Gasteiger partial charge is 0.321 e. The summed E-state index contributed by atoms with van der Waals surface area (Å²) in [7, 11) is 0. The standard InChI is InChI=1S/C13H18O4/c1-12(2)6-4-7-9(10(14)15)11(16)17-13(7,3)5-8(6)12/h6-9H,4-5H2,1-3H3,(H,14,15)/t6?,7-,8?,9?,13-/m0/s1. The van der Waals surface area contributed by atoms with Crippen molar-refractivity contribution in [3.8, 4) is 0 Å². The van der Waals surface area contributed by atoms with E-state index in [4.69, 9.17) is 9.84 Å². The second-order valence-electron chi connectivity index (χ2n) is 6.63. The molecule has 0 aromatic heterocycles. The highest BCUT2D eigenvalue weighted by Gasteiger charge is 2.69. The van der Waals surface area contributed by atoms with Crippen LogP contribution < -0.4 is 0 Å². The molecule has 0 amide bonds. The second-order valence-corrected chi connectivity index (χ2v) is 6.63. The van der Waals surface area contributed by atoms with Crippen LogP contribution >= 0.6 is 0 Å². The van der Waals surface area contributed by atoms with Gasteiger partial charge in [0.1, 0.15) is 5.60 Å². The van der Waals surface area contributed by atoms with E-state index >= 15 is 0 Å². The summed E-state index contributed by atoms with van der Waals surface area (Å²) in [5, 5.41) is 9.17. The molecule has 0 bridgehead atoms. The van der Waals surface area contributed by atoms with Gasteiger partial charge in [0, 0.05) is 5.92 Å². The van der Waals surface area contributed by atoms with E-state index in [0.717, 1.165) is 12.8 Å². The summed E-state index contributed by atoms with van der Waals surface area (Å²) in [4.78, 5) is 22.9. The van der Waals surface area contributed by atoms with Gasteiger partial charge in [-0.1, -0.05) is 13.8 Å². The van der Waals surface area contributed by atoms with Crippen LogP contribution in [0.4, 0.5) is 0 Å². The lowest BCUT2D eigenvalue weighted by Crippen LogP contribution is -2.39. The fourth-order valence-electron chi connectivity index (χ4n) is 4.18. The summed E-state index contributed by atoms with van der Waals surface area (Å²) >= 11 is 0. The van der Waals surface area contributed by atoms with Gasteiger partial charge in [-0.2, -0.15) is 0 Å². The van der Waals surface area contributed by atoms with Crippen molar-refractivity contribution >= 4 is 11.9 Å². The summed E-state index contributed by atoms with van der Waals surface area (Å²) < 4.78 is 5.40. The third kappa shape index (κ3) is 1.24. The quantitative estimate of drug-likeness (QED) is 0.557. The summed E-state index contributed by atoms with van der Waals surface area (Å²) in [6, 6.07) is 0. The number of fused-ring (bicyclic) bond motifs is 2. The van der Waals surface area contributed by atoms with Crippen molar-refractivity contribution in [3.63, 3.8) is 0 Å². The highest BCUT2D eigenvalue weighted by atomic mass is 16.6. The van der Waals surface area contributed by atoms with Gasteiger partial charge >= 0.3 is 11.9 Å². The van der Waals surface area contributed by atoms with Gasteiger partial charge in [0.2, 0.25) is 0 Å². The molecule has 4 nitrogen and oxygen atoms in total. The zero-order valence-electron chi connectivity index (χ0n) is 10.4. The number of aliphatic carboxylic acids is 1. The van der Waals surface area contributed by atoms with Crippen LogP contribution in [0.25, 0.3) is 0 Å². The van der Waals surface area contributed by atoms with Crippen LogP contribution in [0.1, 0.15) is 33.6 Å². The van der Waals surface area contributed by atoms with E-state index in [-0.39, 0.29) is 5.92 Å². The van der Waals surface area contributed by atoms with E-state index in [2.05, 4.69) is 13.8 Å². The van der Waals surface area contributed by atoms with Crippen molar-refractivity contribution in [1.82, 2.24) is 0 Å². The minimum Gasteiger partial charge on any atom is -0.481 e. The Labute approximate surface area is 100 Å². The van der Waals surface area contributed by atoms with Gasteiger partial charge in [-0.3, -0.25) is 9.59 Å². The minimum atomic E-state index is -1.03. The van der Waals surface area contributed by atoms with Crippen molar-refractivity contribution in [2.24, 2.45) is 29.1 Å². The Morgan fingerprint density at radius 1 is 1.29 bits per heavy atom. The Kier molecular flexibility index (Phi) is 1.85. The lowest BCUT2D eigenvalue weighted by atomic mass is 9.72. The Balaban J connectivity index is 1.92. The van der Waals surface area contributed by atoms with Crippen molar-refractivity contribution in [2.45, 2.75) is 39.2 Å². The van der Waals surface area contributed by atoms with Crippen LogP contribution in [-0.2, 0) is 14.3 Å². The van der Waals surface area contributed by atoms with Crippen molar-refractivity contribution in [2.75, 3.05) is 0 Å². The average molecular weight is 238 g/mol. The van der Waals surface area contributed by atoms with Gasteiger partial charge in [0.15, 0.2) is 5.92 Å². The molecule has 0 aromatic rings. The maximum absolute atomic E-state index is 11.7. The van der Waals surface area contributed by atoms with Crippen molar-refractivity contribution in [3.05, 3.63) is 0 Å². The molecule has 0 spiro atoms. The largest absolute Gasteiger partial charge is 0.481 e. The minimum absolute atomic E-state index is 0.143. The third-order valence-electron chi connectivity index (χ3n) is 5.46. The molecule has 0 radical (unpaired) electrons. The number of hydrogen-bond donors (Lipinski definition) is 1. The molecule has 94 valence electrons. The van der Waals surface area contributed by atoms with Gasteiger partial charge < -0.3 is 9.84 Å². The second kappa shape index (κ2) is 2.85. The maximum atomic E-state index is 11.7. The molecular formula is C13H18O4. The fourth-order valence-corrected chi connectivity index (χ4v) is 4.18. The number of ether oxygens (including phenoxy) is 1. The summed E-state index contributed by atoms with van der Waals surface area (Å²) in [6.07, 6.45) is 1.64. The Morgan fingerprint density at radius 3 is 2.53 bits per heavy atom. The van der Waals surface area contributed by atoms with Crippen LogP contribution in [0.2, 0.25) is 0 Å². The van der Waals surface area contributed by atoms with Crippen LogP contribution in [0, 0.1) is 29.1 Å². The molecule has 1 aliphatic heterocycles. The van der Waals surface area contributed by atoms with E-state index in [1.807, 2.05) is 6.92 Å².